The van der Waals surface area contributed by atoms with Crippen molar-refractivity contribution in [1.29, 1.82) is 0 Å². The third kappa shape index (κ3) is 3.63. The lowest BCUT2D eigenvalue weighted by Crippen LogP contribution is -2.49. The van der Waals surface area contributed by atoms with E-state index in [0.29, 0.717) is 0 Å². The fraction of sp³-hybridized carbons (Fsp3) is 0.280. The summed E-state index contributed by atoms with van der Waals surface area (Å²) in [6, 6.07) is 13.6. The number of hydrogen-bond donors (Lipinski definition) is 0. The summed E-state index contributed by atoms with van der Waals surface area (Å²) in [4.78, 5) is 0. The Morgan fingerprint density at radius 1 is 0.586 bits per heavy atom. The lowest BCUT2D eigenvalue weighted by Gasteiger charge is -2.28. The number of benzene rings is 3. The van der Waals surface area contributed by atoms with Gasteiger partial charge in [0.2, 0.25) is 0 Å². The minimum Gasteiger partial charge on any atom is -0.102 e. The van der Waals surface area contributed by atoms with E-state index in [9.17, 15) is 0 Å². The molecule has 0 unspecified atom stereocenters. The molecule has 0 nitrogen and oxygen atoms in total. The Hall–Kier alpha value is -2.08. The highest BCUT2D eigenvalue weighted by Gasteiger charge is 2.24. The zero-order chi connectivity index (χ0) is 21.7. The van der Waals surface area contributed by atoms with E-state index in [1.54, 1.807) is 0 Å². The maximum atomic E-state index is 2.32. The van der Waals surface area contributed by atoms with Crippen molar-refractivity contribution in [3.05, 3.63) is 58.7 Å². The van der Waals surface area contributed by atoms with Crippen molar-refractivity contribution in [3.8, 4) is 22.3 Å². The van der Waals surface area contributed by atoms with Gasteiger partial charge in [0.1, 0.15) is 31.4 Å². The summed E-state index contributed by atoms with van der Waals surface area (Å²) < 4.78 is 0. The molecule has 0 bridgehead atoms. The van der Waals surface area contributed by atoms with Crippen molar-refractivity contribution in [1.82, 2.24) is 0 Å². The second-order valence-corrected chi connectivity index (χ2v) is 9.74. The maximum Gasteiger partial charge on any atom is 0.139 e. The van der Waals surface area contributed by atoms with Crippen LogP contribution in [0.15, 0.2) is 36.4 Å². The molecule has 29 heavy (non-hydrogen) atoms. The smallest absolute Gasteiger partial charge is 0.102 e. The molecule has 0 saturated heterocycles. The molecule has 0 radical (unpaired) electrons. The molecule has 0 aliphatic rings. The molecule has 0 atom stereocenters. The molecule has 144 valence electrons. The van der Waals surface area contributed by atoms with Crippen LogP contribution in [0.2, 0.25) is 0 Å². The first kappa shape index (κ1) is 21.6. The highest BCUT2D eigenvalue weighted by Crippen LogP contribution is 2.41. The highest BCUT2D eigenvalue weighted by molar-refractivity contribution is 6.64. The average Bonchev–Trinajstić information content (AvgIpc) is 2.65. The fourth-order valence-corrected chi connectivity index (χ4v) is 4.74. The van der Waals surface area contributed by atoms with E-state index in [4.69, 9.17) is 0 Å². The molecule has 3 aromatic rings. The second-order valence-electron chi connectivity index (χ2n) is 9.74. The number of rotatable bonds is 2. The Bertz CT molecular complexity index is 1080. The van der Waals surface area contributed by atoms with Crippen LogP contribution in [0.5, 0.6) is 0 Å². The Balaban J connectivity index is 2.50. The van der Waals surface area contributed by atoms with Gasteiger partial charge in [-0.1, -0.05) is 73.7 Å². The first-order chi connectivity index (χ1) is 13.5. The standard InChI is InChI=1S/C25H32B4/c1-13-9-7-11-16(20-15(3)21(26)23(28)24(29)22(20)27)18(13)19-14(2)10-8-12-17(19)25(4,5)6/h7-12H,26-29H2,1-6H3. The van der Waals surface area contributed by atoms with Crippen LogP contribution in [-0.2, 0) is 5.41 Å². The largest absolute Gasteiger partial charge is 0.139 e. The van der Waals surface area contributed by atoms with Crippen LogP contribution in [0.4, 0.5) is 0 Å². The van der Waals surface area contributed by atoms with E-state index < -0.39 is 0 Å². The van der Waals surface area contributed by atoms with Crippen LogP contribution >= 0.6 is 0 Å². The highest BCUT2D eigenvalue weighted by atomic mass is 14.3. The van der Waals surface area contributed by atoms with Gasteiger partial charge in [-0.2, -0.15) is 0 Å². The van der Waals surface area contributed by atoms with E-state index in [0.717, 1.165) is 0 Å². The maximum absolute atomic E-state index is 2.32. The van der Waals surface area contributed by atoms with Crippen LogP contribution in [0.3, 0.4) is 0 Å². The summed E-state index contributed by atoms with van der Waals surface area (Å²) in [5.41, 5.74) is 16.8. The van der Waals surface area contributed by atoms with Gasteiger partial charge < -0.3 is 0 Å². The van der Waals surface area contributed by atoms with Crippen LogP contribution in [-0.4, -0.2) is 31.4 Å². The van der Waals surface area contributed by atoms with E-state index >= 15 is 0 Å². The Morgan fingerprint density at radius 3 is 1.69 bits per heavy atom. The first-order valence-electron chi connectivity index (χ1n) is 10.7. The predicted molar refractivity (Wildman–Crippen MR) is 143 cm³/mol. The molecule has 4 heteroatoms. The molecular weight excluding hydrogens is 344 g/mol. The summed E-state index contributed by atoms with van der Waals surface area (Å²) >= 11 is 0. The molecule has 0 aliphatic heterocycles. The van der Waals surface area contributed by atoms with Crippen LogP contribution in [0, 0.1) is 20.8 Å². The molecule has 0 amide bonds. The summed E-state index contributed by atoms with van der Waals surface area (Å²) in [6.07, 6.45) is 0. The van der Waals surface area contributed by atoms with Crippen molar-refractivity contribution in [2.24, 2.45) is 0 Å². The second kappa shape index (κ2) is 7.63. The molecule has 0 fully saturated rings. The van der Waals surface area contributed by atoms with Gasteiger partial charge in [-0.25, -0.2) is 0 Å². The van der Waals surface area contributed by atoms with Crippen LogP contribution in [0.1, 0.15) is 43.0 Å². The normalized spacial score (nSPS) is 11.7. The minimum absolute atomic E-state index is 0.0874. The van der Waals surface area contributed by atoms with Gasteiger partial charge in [0.15, 0.2) is 0 Å². The van der Waals surface area contributed by atoms with Gasteiger partial charge in [-0.3, -0.25) is 0 Å². The summed E-state index contributed by atoms with van der Waals surface area (Å²) in [6.45, 7) is 13.8. The number of aryl methyl sites for hydroxylation is 2. The third-order valence-electron chi connectivity index (χ3n) is 6.87. The molecule has 0 N–H and O–H groups in total. The SMILES string of the molecule is Bc1c(B)c(B)c(-c2cccc(C)c2-c2c(C)cccc2C(C)(C)C)c(C)c1B. The average molecular weight is 376 g/mol. The van der Waals surface area contributed by atoms with E-state index in [2.05, 4.69) is 109 Å². The summed E-state index contributed by atoms with van der Waals surface area (Å²) in [7, 11) is 9.08. The molecule has 0 saturated carbocycles. The molecular formula is C25H32B4. The summed E-state index contributed by atoms with van der Waals surface area (Å²) in [5, 5.41) is 0. The van der Waals surface area contributed by atoms with Crippen LogP contribution in [0.25, 0.3) is 22.3 Å². The monoisotopic (exact) mass is 376 g/mol. The lowest BCUT2D eigenvalue weighted by atomic mass is 9.62. The zero-order valence-electron chi connectivity index (χ0n) is 20.0. The molecule has 0 aromatic heterocycles. The molecule has 0 heterocycles. The zero-order valence-corrected chi connectivity index (χ0v) is 20.0. The van der Waals surface area contributed by atoms with Crippen molar-refractivity contribution in [2.75, 3.05) is 0 Å². The van der Waals surface area contributed by atoms with E-state index in [1.807, 2.05) is 0 Å². The van der Waals surface area contributed by atoms with Crippen molar-refractivity contribution < 1.29 is 0 Å². The quantitative estimate of drug-likeness (QED) is 0.564. The van der Waals surface area contributed by atoms with E-state index in [1.165, 1.54) is 66.4 Å². The minimum atomic E-state index is 0.0874. The Morgan fingerprint density at radius 2 is 1.10 bits per heavy atom. The molecule has 0 spiro atoms. The first-order valence-corrected chi connectivity index (χ1v) is 10.7. The molecule has 3 aromatic carbocycles. The number of hydrogen-bond acceptors (Lipinski definition) is 0. The van der Waals surface area contributed by atoms with Gasteiger partial charge in [0, 0.05) is 0 Å². The third-order valence-corrected chi connectivity index (χ3v) is 6.87. The Labute approximate surface area is 181 Å². The molecule has 0 aliphatic carbocycles. The predicted octanol–water partition coefficient (Wildman–Crippen LogP) is 0.277. The topological polar surface area (TPSA) is 0 Å². The van der Waals surface area contributed by atoms with Gasteiger partial charge >= 0.3 is 0 Å². The Kier molecular flexibility index (Phi) is 5.69. The fourth-order valence-electron chi connectivity index (χ4n) is 4.74. The van der Waals surface area contributed by atoms with Gasteiger partial charge in [-0.05, 0) is 65.1 Å². The van der Waals surface area contributed by atoms with Gasteiger partial charge in [0.05, 0.1) is 0 Å². The van der Waals surface area contributed by atoms with Crippen molar-refractivity contribution >= 4 is 53.2 Å². The summed E-state index contributed by atoms with van der Waals surface area (Å²) in [5.74, 6) is 0. The van der Waals surface area contributed by atoms with Crippen molar-refractivity contribution in [2.45, 2.75) is 47.0 Å². The van der Waals surface area contributed by atoms with Gasteiger partial charge in [-0.15, -0.1) is 10.9 Å². The van der Waals surface area contributed by atoms with Gasteiger partial charge in [0.25, 0.3) is 0 Å². The van der Waals surface area contributed by atoms with Crippen molar-refractivity contribution in [3.63, 3.8) is 0 Å². The molecule has 3 rings (SSSR count). The lowest BCUT2D eigenvalue weighted by molar-refractivity contribution is 0.591. The van der Waals surface area contributed by atoms with Crippen LogP contribution < -0.4 is 21.9 Å². The van der Waals surface area contributed by atoms with E-state index in [-0.39, 0.29) is 5.41 Å².